The first-order chi connectivity index (χ1) is 14.1. The van der Waals surface area contributed by atoms with Crippen LogP contribution in [0.25, 0.3) is 11.4 Å². The van der Waals surface area contributed by atoms with Crippen LogP contribution in [0.2, 0.25) is 0 Å². The summed E-state index contributed by atoms with van der Waals surface area (Å²) in [5, 5.41) is 10.5. The zero-order valence-electron chi connectivity index (χ0n) is 16.9. The Labute approximate surface area is 184 Å². The maximum atomic E-state index is 12.7. The van der Waals surface area contributed by atoms with E-state index in [9.17, 15) is 8.42 Å². The highest BCUT2D eigenvalue weighted by molar-refractivity contribution is 9.10. The summed E-state index contributed by atoms with van der Waals surface area (Å²) in [7, 11) is -3.66. The van der Waals surface area contributed by atoms with Crippen molar-refractivity contribution in [1.82, 2.24) is 24.9 Å². The van der Waals surface area contributed by atoms with Gasteiger partial charge in [0, 0.05) is 35.0 Å². The van der Waals surface area contributed by atoms with Crippen LogP contribution < -0.4 is 10.0 Å². The van der Waals surface area contributed by atoms with Crippen LogP contribution in [0.4, 0.5) is 11.6 Å². The Morgan fingerprint density at radius 2 is 1.97 bits per heavy atom. The molecule has 158 valence electrons. The van der Waals surface area contributed by atoms with Gasteiger partial charge in [-0.3, -0.25) is 5.10 Å². The lowest BCUT2D eigenvalue weighted by Crippen LogP contribution is -2.40. The number of anilines is 2. The Morgan fingerprint density at radius 3 is 2.67 bits per heavy atom. The number of sulfonamides is 1. The average Bonchev–Trinajstić information content (AvgIpc) is 3.41. The van der Waals surface area contributed by atoms with Gasteiger partial charge < -0.3 is 5.32 Å². The second kappa shape index (κ2) is 7.75. The second-order valence-electron chi connectivity index (χ2n) is 8.38. The van der Waals surface area contributed by atoms with Crippen LogP contribution >= 0.6 is 15.9 Å². The predicted molar refractivity (Wildman–Crippen MR) is 119 cm³/mol. The lowest BCUT2D eigenvalue weighted by atomic mass is 10.1. The summed E-state index contributed by atoms with van der Waals surface area (Å²) in [6.07, 6.45) is 4.01. The molecule has 0 spiro atoms. The van der Waals surface area contributed by atoms with Crippen molar-refractivity contribution in [3.63, 3.8) is 0 Å². The number of nitrogens with zero attached hydrogens (tertiary/aromatic N) is 3. The molecule has 8 nitrogen and oxygen atoms in total. The van der Waals surface area contributed by atoms with Crippen LogP contribution in [0.3, 0.4) is 0 Å². The molecule has 0 unspecified atom stereocenters. The first-order valence-electron chi connectivity index (χ1n) is 9.60. The van der Waals surface area contributed by atoms with Gasteiger partial charge in [-0.1, -0.05) is 12.1 Å². The van der Waals surface area contributed by atoms with Crippen LogP contribution in [-0.4, -0.2) is 34.1 Å². The molecule has 0 bridgehead atoms. The molecular formula is C20H23BrN6O2S. The van der Waals surface area contributed by atoms with Gasteiger partial charge in [-0.05, 0) is 61.7 Å². The van der Waals surface area contributed by atoms with Crippen molar-refractivity contribution >= 4 is 37.6 Å². The Hall–Kier alpha value is -2.30. The van der Waals surface area contributed by atoms with Crippen LogP contribution in [0.15, 0.2) is 45.9 Å². The monoisotopic (exact) mass is 490 g/mol. The van der Waals surface area contributed by atoms with E-state index in [1.807, 2.05) is 6.07 Å². The zero-order valence-corrected chi connectivity index (χ0v) is 19.3. The Bertz CT molecular complexity index is 1180. The second-order valence-corrected chi connectivity index (χ2v) is 10.9. The molecule has 1 aliphatic rings. The van der Waals surface area contributed by atoms with Gasteiger partial charge in [-0.15, -0.1) is 0 Å². The largest absolute Gasteiger partial charge is 0.322 e. The summed E-state index contributed by atoms with van der Waals surface area (Å²) < 4.78 is 28.7. The Morgan fingerprint density at radius 1 is 1.20 bits per heavy atom. The van der Waals surface area contributed by atoms with Crippen molar-refractivity contribution in [3.05, 3.63) is 46.7 Å². The standard InChI is InChI=1S/C20H23BrN6O2S/c1-20(2,3)27-30(28,29)14-6-4-5-13(9-14)18-22-11-15(21)19(24-18)23-17-10-16(25-26-17)12-7-8-12/h4-6,9-12,27H,7-8H2,1-3H3,(H2,22,23,24,25,26). The van der Waals surface area contributed by atoms with E-state index >= 15 is 0 Å². The molecule has 0 atom stereocenters. The van der Waals surface area contributed by atoms with Crippen LogP contribution in [-0.2, 0) is 10.0 Å². The fourth-order valence-electron chi connectivity index (χ4n) is 2.98. The Kier molecular flexibility index (Phi) is 5.41. The van der Waals surface area contributed by atoms with Crippen molar-refractivity contribution < 1.29 is 8.42 Å². The topological polar surface area (TPSA) is 113 Å². The summed E-state index contributed by atoms with van der Waals surface area (Å²) in [6, 6.07) is 8.57. The predicted octanol–water partition coefficient (Wildman–Crippen LogP) is 4.33. The molecule has 2 aromatic heterocycles. The molecule has 3 aromatic rings. The van der Waals surface area contributed by atoms with E-state index < -0.39 is 15.6 Å². The molecule has 30 heavy (non-hydrogen) atoms. The van der Waals surface area contributed by atoms with E-state index in [-0.39, 0.29) is 4.90 Å². The first-order valence-corrected chi connectivity index (χ1v) is 11.9. The number of hydrogen-bond donors (Lipinski definition) is 3. The molecule has 1 aliphatic carbocycles. The summed E-state index contributed by atoms with van der Waals surface area (Å²) in [4.78, 5) is 9.08. The number of aromatic nitrogens is 4. The van der Waals surface area contributed by atoms with E-state index in [2.05, 4.69) is 46.1 Å². The van der Waals surface area contributed by atoms with Gasteiger partial charge in [0.15, 0.2) is 11.6 Å². The number of hydrogen-bond acceptors (Lipinski definition) is 6. The lowest BCUT2D eigenvalue weighted by Gasteiger charge is -2.20. The fraction of sp³-hybridized carbons (Fsp3) is 0.350. The van der Waals surface area contributed by atoms with E-state index in [1.165, 1.54) is 12.8 Å². The van der Waals surface area contributed by atoms with Crippen molar-refractivity contribution in [3.8, 4) is 11.4 Å². The third-order valence-electron chi connectivity index (χ3n) is 4.45. The molecule has 4 rings (SSSR count). The molecule has 0 saturated heterocycles. The third kappa shape index (κ3) is 4.88. The number of H-pyrrole nitrogens is 1. The Balaban J connectivity index is 1.62. The molecule has 10 heteroatoms. The summed E-state index contributed by atoms with van der Waals surface area (Å²) >= 11 is 3.46. The fourth-order valence-corrected chi connectivity index (χ4v) is 4.74. The van der Waals surface area contributed by atoms with E-state index in [1.54, 1.807) is 51.2 Å². The highest BCUT2D eigenvalue weighted by Crippen LogP contribution is 2.39. The zero-order chi connectivity index (χ0) is 21.5. The lowest BCUT2D eigenvalue weighted by molar-refractivity contribution is 0.491. The van der Waals surface area contributed by atoms with E-state index in [0.717, 1.165) is 5.69 Å². The smallest absolute Gasteiger partial charge is 0.241 e. The van der Waals surface area contributed by atoms with Gasteiger partial charge in [0.1, 0.15) is 5.82 Å². The quantitative estimate of drug-likeness (QED) is 0.473. The molecule has 1 fully saturated rings. The molecular weight excluding hydrogens is 468 g/mol. The number of rotatable bonds is 6. The molecule has 2 heterocycles. The molecule has 0 amide bonds. The van der Waals surface area contributed by atoms with Crippen molar-refractivity contribution in [2.24, 2.45) is 0 Å². The summed E-state index contributed by atoms with van der Waals surface area (Å²) in [5.41, 5.74) is 1.14. The van der Waals surface area contributed by atoms with Crippen molar-refractivity contribution in [1.29, 1.82) is 0 Å². The van der Waals surface area contributed by atoms with Gasteiger partial charge in [0.2, 0.25) is 10.0 Å². The molecule has 0 radical (unpaired) electrons. The van der Waals surface area contributed by atoms with E-state index in [4.69, 9.17) is 0 Å². The minimum absolute atomic E-state index is 0.164. The van der Waals surface area contributed by atoms with Gasteiger partial charge in [0.25, 0.3) is 0 Å². The normalized spacial score (nSPS) is 14.7. The molecule has 1 aromatic carbocycles. The minimum Gasteiger partial charge on any atom is -0.322 e. The van der Waals surface area contributed by atoms with Gasteiger partial charge in [-0.25, -0.2) is 23.1 Å². The maximum Gasteiger partial charge on any atom is 0.241 e. The highest BCUT2D eigenvalue weighted by Gasteiger charge is 2.26. The molecule has 0 aliphatic heterocycles. The summed E-state index contributed by atoms with van der Waals surface area (Å²) in [5.74, 6) is 2.21. The van der Waals surface area contributed by atoms with Crippen molar-refractivity contribution in [2.75, 3.05) is 5.32 Å². The average molecular weight is 491 g/mol. The van der Waals surface area contributed by atoms with Gasteiger partial charge in [-0.2, -0.15) is 5.10 Å². The van der Waals surface area contributed by atoms with Gasteiger partial charge in [0.05, 0.1) is 9.37 Å². The molecule has 3 N–H and O–H groups in total. The van der Waals surface area contributed by atoms with Crippen molar-refractivity contribution in [2.45, 2.75) is 50.0 Å². The maximum absolute atomic E-state index is 12.7. The SMILES string of the molecule is CC(C)(C)NS(=O)(=O)c1cccc(-c2ncc(Br)c(Nc3cc(C4CC4)[nH]n3)n2)c1. The summed E-state index contributed by atoms with van der Waals surface area (Å²) in [6.45, 7) is 5.40. The minimum atomic E-state index is -3.66. The van der Waals surface area contributed by atoms with Crippen LogP contribution in [0, 0.1) is 0 Å². The van der Waals surface area contributed by atoms with Gasteiger partial charge >= 0.3 is 0 Å². The van der Waals surface area contributed by atoms with Crippen LogP contribution in [0.1, 0.15) is 45.2 Å². The number of benzene rings is 1. The van der Waals surface area contributed by atoms with Crippen LogP contribution in [0.5, 0.6) is 0 Å². The highest BCUT2D eigenvalue weighted by atomic mass is 79.9. The molecule has 1 saturated carbocycles. The number of aromatic amines is 1. The third-order valence-corrected chi connectivity index (χ3v) is 6.78. The number of nitrogens with one attached hydrogen (secondary N) is 3. The number of halogens is 1. The van der Waals surface area contributed by atoms with E-state index in [0.29, 0.717) is 33.4 Å². The first kappa shape index (κ1) is 21.0.